The lowest BCUT2D eigenvalue weighted by Crippen LogP contribution is -2.29. The van der Waals surface area contributed by atoms with Crippen molar-refractivity contribution in [3.63, 3.8) is 0 Å². The first-order valence-corrected chi connectivity index (χ1v) is 8.35. The van der Waals surface area contributed by atoms with E-state index in [1.165, 1.54) is 0 Å². The SMILES string of the molecule is COc1ccc(NC(=O)[C@@H](Sc2cc(F)ccc2F)C(C)C)cc1. The van der Waals surface area contributed by atoms with Crippen LogP contribution in [0.25, 0.3) is 0 Å². The van der Waals surface area contributed by atoms with Gasteiger partial charge in [0.2, 0.25) is 5.91 Å². The molecular formula is C18H19F2NO2S. The summed E-state index contributed by atoms with van der Waals surface area (Å²) >= 11 is 1.02. The number of ether oxygens (including phenoxy) is 1. The number of anilines is 1. The molecule has 0 aromatic heterocycles. The predicted molar refractivity (Wildman–Crippen MR) is 92.5 cm³/mol. The van der Waals surface area contributed by atoms with Crippen LogP contribution in [-0.4, -0.2) is 18.3 Å². The zero-order valence-corrected chi connectivity index (χ0v) is 14.5. The van der Waals surface area contributed by atoms with Crippen LogP contribution in [0.2, 0.25) is 0 Å². The third-order valence-corrected chi connectivity index (χ3v) is 4.95. The van der Waals surface area contributed by atoms with Crippen molar-refractivity contribution in [3.05, 3.63) is 54.1 Å². The van der Waals surface area contributed by atoms with E-state index < -0.39 is 16.9 Å². The van der Waals surface area contributed by atoms with Crippen LogP contribution < -0.4 is 10.1 Å². The maximum Gasteiger partial charge on any atom is 0.238 e. The van der Waals surface area contributed by atoms with Gasteiger partial charge in [-0.25, -0.2) is 8.78 Å². The molecule has 6 heteroatoms. The van der Waals surface area contributed by atoms with Crippen LogP contribution in [-0.2, 0) is 4.79 Å². The van der Waals surface area contributed by atoms with Crippen molar-refractivity contribution < 1.29 is 18.3 Å². The first-order chi connectivity index (χ1) is 11.4. The Morgan fingerprint density at radius 3 is 2.38 bits per heavy atom. The maximum atomic E-state index is 13.8. The Bertz CT molecular complexity index is 705. The van der Waals surface area contributed by atoms with Gasteiger partial charge >= 0.3 is 0 Å². The van der Waals surface area contributed by atoms with E-state index in [1.54, 1.807) is 31.4 Å². The van der Waals surface area contributed by atoms with E-state index >= 15 is 0 Å². The summed E-state index contributed by atoms with van der Waals surface area (Å²) in [6, 6.07) is 10.1. The summed E-state index contributed by atoms with van der Waals surface area (Å²) in [5.41, 5.74) is 0.617. The molecule has 0 fully saturated rings. The molecule has 0 radical (unpaired) electrons. The number of nitrogens with one attached hydrogen (secondary N) is 1. The van der Waals surface area contributed by atoms with Gasteiger partial charge in [0.25, 0.3) is 0 Å². The number of rotatable bonds is 6. The van der Waals surface area contributed by atoms with Crippen LogP contribution >= 0.6 is 11.8 Å². The second-order valence-corrected chi connectivity index (χ2v) is 6.76. The molecule has 0 heterocycles. The van der Waals surface area contributed by atoms with Crippen LogP contribution in [0.1, 0.15) is 13.8 Å². The summed E-state index contributed by atoms with van der Waals surface area (Å²) in [6.45, 7) is 3.73. The van der Waals surface area contributed by atoms with Crippen LogP contribution in [0, 0.1) is 17.6 Å². The molecule has 0 saturated carbocycles. The Hall–Kier alpha value is -2.08. The van der Waals surface area contributed by atoms with Gasteiger partial charge in [0.05, 0.1) is 12.4 Å². The minimum atomic E-state index is -0.552. The second kappa shape index (κ2) is 8.15. The van der Waals surface area contributed by atoms with Crippen LogP contribution in [0.5, 0.6) is 5.75 Å². The first-order valence-electron chi connectivity index (χ1n) is 7.47. The van der Waals surface area contributed by atoms with Gasteiger partial charge in [-0.05, 0) is 48.4 Å². The summed E-state index contributed by atoms with van der Waals surface area (Å²) in [5, 5.41) is 2.25. The van der Waals surface area contributed by atoms with Gasteiger partial charge in [-0.15, -0.1) is 11.8 Å². The van der Waals surface area contributed by atoms with Crippen molar-refractivity contribution in [2.24, 2.45) is 5.92 Å². The molecule has 0 aliphatic heterocycles. The van der Waals surface area contributed by atoms with Crippen molar-refractivity contribution in [2.75, 3.05) is 12.4 Å². The smallest absolute Gasteiger partial charge is 0.238 e. The Morgan fingerprint density at radius 2 is 1.79 bits per heavy atom. The number of thioether (sulfide) groups is 1. The van der Waals surface area contributed by atoms with Crippen LogP contribution in [0.3, 0.4) is 0 Å². The van der Waals surface area contributed by atoms with Crippen molar-refractivity contribution in [1.29, 1.82) is 0 Å². The topological polar surface area (TPSA) is 38.3 Å². The Balaban J connectivity index is 2.13. The average molecular weight is 351 g/mol. The summed E-state index contributed by atoms with van der Waals surface area (Å²) in [5.74, 6) is -0.703. The van der Waals surface area contributed by atoms with Gasteiger partial charge in [0, 0.05) is 10.6 Å². The van der Waals surface area contributed by atoms with E-state index in [-0.39, 0.29) is 16.7 Å². The average Bonchev–Trinajstić information content (AvgIpc) is 2.55. The highest BCUT2D eigenvalue weighted by Gasteiger charge is 2.25. The molecule has 2 aromatic carbocycles. The number of hydrogen-bond donors (Lipinski definition) is 1. The Kier molecular flexibility index (Phi) is 6.20. The lowest BCUT2D eigenvalue weighted by atomic mass is 10.1. The maximum absolute atomic E-state index is 13.8. The van der Waals surface area contributed by atoms with E-state index in [0.29, 0.717) is 11.4 Å². The molecule has 0 aliphatic carbocycles. The largest absolute Gasteiger partial charge is 0.497 e. The number of benzene rings is 2. The minimum Gasteiger partial charge on any atom is -0.497 e. The first kappa shape index (κ1) is 18.3. The molecule has 3 nitrogen and oxygen atoms in total. The molecule has 1 amide bonds. The summed E-state index contributed by atoms with van der Waals surface area (Å²) in [4.78, 5) is 12.7. The lowest BCUT2D eigenvalue weighted by Gasteiger charge is -2.20. The quantitative estimate of drug-likeness (QED) is 0.765. The number of methoxy groups -OCH3 is 1. The van der Waals surface area contributed by atoms with E-state index in [2.05, 4.69) is 5.32 Å². The van der Waals surface area contributed by atoms with Gasteiger partial charge in [-0.1, -0.05) is 13.8 Å². The van der Waals surface area contributed by atoms with E-state index in [4.69, 9.17) is 4.74 Å². The molecule has 24 heavy (non-hydrogen) atoms. The monoisotopic (exact) mass is 351 g/mol. The number of halogens is 2. The minimum absolute atomic E-state index is 0.0593. The number of amides is 1. The fourth-order valence-corrected chi connectivity index (χ4v) is 3.16. The molecule has 1 N–H and O–H groups in total. The second-order valence-electron chi connectivity index (χ2n) is 5.57. The standard InChI is InChI=1S/C18H19F2NO2S/c1-11(2)17(24-16-10-12(19)4-9-15(16)20)18(22)21-13-5-7-14(23-3)8-6-13/h4-11,17H,1-3H3,(H,21,22)/t17-/m0/s1. The summed E-state index contributed by atoms with van der Waals surface area (Å²) in [6.07, 6.45) is 0. The molecular weight excluding hydrogens is 332 g/mol. The predicted octanol–water partition coefficient (Wildman–Crippen LogP) is 4.73. The van der Waals surface area contributed by atoms with Crippen molar-refractivity contribution in [2.45, 2.75) is 24.0 Å². The van der Waals surface area contributed by atoms with Crippen LogP contribution in [0.4, 0.5) is 14.5 Å². The Morgan fingerprint density at radius 1 is 1.12 bits per heavy atom. The lowest BCUT2D eigenvalue weighted by molar-refractivity contribution is -0.116. The highest BCUT2D eigenvalue weighted by molar-refractivity contribution is 8.00. The van der Waals surface area contributed by atoms with E-state index in [9.17, 15) is 13.6 Å². The number of carbonyl (C=O) groups is 1. The van der Waals surface area contributed by atoms with Gasteiger partial charge in [0.15, 0.2) is 0 Å². The molecule has 1 atom stereocenters. The zero-order valence-electron chi connectivity index (χ0n) is 13.7. The third kappa shape index (κ3) is 4.71. The molecule has 0 spiro atoms. The molecule has 2 rings (SSSR count). The molecule has 0 unspecified atom stereocenters. The van der Waals surface area contributed by atoms with Crippen molar-refractivity contribution in [3.8, 4) is 5.75 Å². The van der Waals surface area contributed by atoms with E-state index in [0.717, 1.165) is 30.0 Å². The summed E-state index contributed by atoms with van der Waals surface area (Å²) < 4.78 is 32.2. The number of carbonyl (C=O) groups excluding carboxylic acids is 1. The third-order valence-electron chi connectivity index (χ3n) is 3.37. The van der Waals surface area contributed by atoms with Gasteiger partial charge in [-0.3, -0.25) is 4.79 Å². The van der Waals surface area contributed by atoms with Crippen LogP contribution in [0.15, 0.2) is 47.4 Å². The fraction of sp³-hybridized carbons (Fsp3) is 0.278. The normalized spacial score (nSPS) is 12.1. The van der Waals surface area contributed by atoms with Gasteiger partial charge in [-0.2, -0.15) is 0 Å². The summed E-state index contributed by atoms with van der Waals surface area (Å²) in [7, 11) is 1.56. The van der Waals surface area contributed by atoms with Crippen molar-refractivity contribution >= 4 is 23.4 Å². The van der Waals surface area contributed by atoms with E-state index in [1.807, 2.05) is 13.8 Å². The molecule has 128 valence electrons. The Labute approximate surface area is 144 Å². The zero-order chi connectivity index (χ0) is 17.7. The molecule has 0 bridgehead atoms. The molecule has 2 aromatic rings. The molecule has 0 saturated heterocycles. The van der Waals surface area contributed by atoms with Gasteiger partial charge in [0.1, 0.15) is 17.4 Å². The highest BCUT2D eigenvalue weighted by atomic mass is 32.2. The fourth-order valence-electron chi connectivity index (χ4n) is 2.08. The van der Waals surface area contributed by atoms with Crippen molar-refractivity contribution in [1.82, 2.24) is 0 Å². The van der Waals surface area contributed by atoms with Gasteiger partial charge < -0.3 is 10.1 Å². The number of hydrogen-bond acceptors (Lipinski definition) is 3. The highest BCUT2D eigenvalue weighted by Crippen LogP contribution is 2.31. The molecule has 0 aliphatic rings.